The Morgan fingerprint density at radius 3 is 2.17 bits per heavy atom. The van der Waals surface area contributed by atoms with E-state index in [1.807, 2.05) is 65.2 Å². The quantitative estimate of drug-likeness (QED) is 0.251. The summed E-state index contributed by atoms with van der Waals surface area (Å²) in [4.78, 5) is 19.1. The lowest BCUT2D eigenvalue weighted by molar-refractivity contribution is 0.0926. The molecule has 36 heavy (non-hydrogen) atoms. The second-order valence-corrected chi connectivity index (χ2v) is 9.03. The molecule has 5 aromatic rings. The summed E-state index contributed by atoms with van der Waals surface area (Å²) in [6.45, 7) is 4.85. The van der Waals surface area contributed by atoms with Crippen LogP contribution < -0.4 is 5.32 Å². The highest BCUT2D eigenvalue weighted by Crippen LogP contribution is 2.32. The maximum absolute atomic E-state index is 14.0. The molecule has 4 heteroatoms. The summed E-state index contributed by atoms with van der Waals surface area (Å²) in [5.41, 5.74) is 4.36. The van der Waals surface area contributed by atoms with Crippen molar-refractivity contribution in [1.29, 1.82) is 0 Å². The molecule has 4 aromatic carbocycles. The zero-order valence-corrected chi connectivity index (χ0v) is 20.8. The number of carbonyl (C=O) groups is 1. The summed E-state index contributed by atoms with van der Waals surface area (Å²) in [5.74, 6) is 0.704. The SMILES string of the molecule is CCCC(NC(=O)c1c(-c2ccc3ccccc3c2)nc(-c2ccccc2)n1CC)c1ccccc1. The van der Waals surface area contributed by atoms with Gasteiger partial charge in [-0.05, 0) is 35.7 Å². The fourth-order valence-electron chi connectivity index (χ4n) is 4.86. The molecular formula is C32H31N3O. The van der Waals surface area contributed by atoms with Gasteiger partial charge in [0, 0.05) is 17.7 Å². The molecule has 5 rings (SSSR count). The second-order valence-electron chi connectivity index (χ2n) is 9.03. The molecule has 1 unspecified atom stereocenters. The average molecular weight is 474 g/mol. The minimum atomic E-state index is -0.100. The third-order valence-corrected chi connectivity index (χ3v) is 6.64. The van der Waals surface area contributed by atoms with E-state index in [0.717, 1.165) is 46.1 Å². The summed E-state index contributed by atoms with van der Waals surface area (Å²) in [5, 5.41) is 5.63. The maximum Gasteiger partial charge on any atom is 0.270 e. The van der Waals surface area contributed by atoms with Gasteiger partial charge in [-0.25, -0.2) is 4.98 Å². The molecule has 0 fully saturated rings. The van der Waals surface area contributed by atoms with Crippen LogP contribution in [0.4, 0.5) is 0 Å². The van der Waals surface area contributed by atoms with Gasteiger partial charge in [0.05, 0.1) is 6.04 Å². The Kier molecular flexibility index (Phi) is 6.94. The van der Waals surface area contributed by atoms with Crippen LogP contribution >= 0.6 is 0 Å². The maximum atomic E-state index is 14.0. The number of nitrogens with one attached hydrogen (secondary N) is 1. The third kappa shape index (κ3) is 4.67. The van der Waals surface area contributed by atoms with Gasteiger partial charge in [-0.3, -0.25) is 4.79 Å². The van der Waals surface area contributed by atoms with Crippen molar-refractivity contribution in [2.24, 2.45) is 0 Å². The molecule has 0 spiro atoms. The Labute approximate surface area is 212 Å². The van der Waals surface area contributed by atoms with E-state index in [1.54, 1.807) is 0 Å². The Morgan fingerprint density at radius 1 is 0.806 bits per heavy atom. The van der Waals surface area contributed by atoms with Gasteiger partial charge in [-0.15, -0.1) is 0 Å². The normalized spacial score (nSPS) is 11.9. The number of amides is 1. The Morgan fingerprint density at radius 2 is 1.47 bits per heavy atom. The van der Waals surface area contributed by atoms with E-state index in [4.69, 9.17) is 4.98 Å². The first kappa shape index (κ1) is 23.6. The van der Waals surface area contributed by atoms with Crippen molar-refractivity contribution in [1.82, 2.24) is 14.9 Å². The van der Waals surface area contributed by atoms with Crippen molar-refractivity contribution in [2.45, 2.75) is 39.3 Å². The van der Waals surface area contributed by atoms with E-state index in [9.17, 15) is 4.79 Å². The number of aromatic nitrogens is 2. The molecule has 0 radical (unpaired) electrons. The van der Waals surface area contributed by atoms with Crippen LogP contribution in [-0.2, 0) is 6.54 Å². The zero-order valence-electron chi connectivity index (χ0n) is 20.8. The van der Waals surface area contributed by atoms with Crippen molar-refractivity contribution < 1.29 is 4.79 Å². The molecule has 1 atom stereocenters. The van der Waals surface area contributed by atoms with Crippen molar-refractivity contribution in [3.05, 3.63) is 114 Å². The molecule has 0 aliphatic heterocycles. The topological polar surface area (TPSA) is 46.9 Å². The highest BCUT2D eigenvalue weighted by molar-refractivity contribution is 6.01. The first-order valence-electron chi connectivity index (χ1n) is 12.7. The van der Waals surface area contributed by atoms with E-state index in [0.29, 0.717) is 17.9 Å². The molecule has 1 heterocycles. The van der Waals surface area contributed by atoms with Gasteiger partial charge in [-0.1, -0.05) is 110 Å². The molecule has 4 nitrogen and oxygen atoms in total. The summed E-state index contributed by atoms with van der Waals surface area (Å²) in [7, 11) is 0. The summed E-state index contributed by atoms with van der Waals surface area (Å²) < 4.78 is 2.04. The van der Waals surface area contributed by atoms with Crippen LogP contribution in [0.15, 0.2) is 103 Å². The number of benzene rings is 4. The smallest absolute Gasteiger partial charge is 0.270 e. The minimum Gasteiger partial charge on any atom is -0.344 e. The summed E-state index contributed by atoms with van der Waals surface area (Å²) >= 11 is 0. The number of nitrogens with zero attached hydrogens (tertiary/aromatic N) is 2. The molecule has 180 valence electrons. The average Bonchev–Trinajstić information content (AvgIpc) is 3.33. The number of hydrogen-bond donors (Lipinski definition) is 1. The lowest BCUT2D eigenvalue weighted by Crippen LogP contribution is -2.30. The van der Waals surface area contributed by atoms with Crippen LogP contribution in [0.25, 0.3) is 33.4 Å². The van der Waals surface area contributed by atoms with Crippen LogP contribution in [0, 0.1) is 0 Å². The Bertz CT molecular complexity index is 1470. The van der Waals surface area contributed by atoms with Crippen LogP contribution in [-0.4, -0.2) is 15.5 Å². The molecule has 0 saturated carbocycles. The van der Waals surface area contributed by atoms with Gasteiger partial charge in [0.2, 0.25) is 0 Å². The van der Waals surface area contributed by atoms with Crippen molar-refractivity contribution in [2.75, 3.05) is 0 Å². The van der Waals surface area contributed by atoms with Gasteiger partial charge in [0.25, 0.3) is 5.91 Å². The fourth-order valence-corrected chi connectivity index (χ4v) is 4.86. The molecule has 1 amide bonds. The van der Waals surface area contributed by atoms with E-state index < -0.39 is 0 Å². The number of hydrogen-bond acceptors (Lipinski definition) is 2. The molecular weight excluding hydrogens is 442 g/mol. The van der Waals surface area contributed by atoms with Crippen molar-refractivity contribution >= 4 is 16.7 Å². The monoisotopic (exact) mass is 473 g/mol. The Balaban J connectivity index is 1.64. The molecule has 0 saturated heterocycles. The number of carbonyl (C=O) groups excluding carboxylic acids is 1. The fraction of sp³-hybridized carbons (Fsp3) is 0.188. The first-order chi connectivity index (χ1) is 17.7. The molecule has 0 aliphatic carbocycles. The lowest BCUT2D eigenvalue weighted by atomic mass is 10.0. The highest BCUT2D eigenvalue weighted by Gasteiger charge is 2.26. The largest absolute Gasteiger partial charge is 0.344 e. The summed E-state index contributed by atoms with van der Waals surface area (Å²) in [6, 6.07) is 34.8. The first-order valence-corrected chi connectivity index (χ1v) is 12.7. The number of imidazole rings is 1. The van der Waals surface area contributed by atoms with Gasteiger partial charge in [0.1, 0.15) is 17.2 Å². The number of fused-ring (bicyclic) bond motifs is 1. The Hall–Kier alpha value is -4.18. The predicted molar refractivity (Wildman–Crippen MR) is 148 cm³/mol. The van der Waals surface area contributed by atoms with Gasteiger partial charge in [0.15, 0.2) is 0 Å². The van der Waals surface area contributed by atoms with E-state index >= 15 is 0 Å². The van der Waals surface area contributed by atoms with Gasteiger partial charge < -0.3 is 9.88 Å². The van der Waals surface area contributed by atoms with E-state index in [1.165, 1.54) is 0 Å². The van der Waals surface area contributed by atoms with Crippen LogP contribution in [0.2, 0.25) is 0 Å². The molecule has 0 aliphatic rings. The van der Waals surface area contributed by atoms with Crippen molar-refractivity contribution in [3.8, 4) is 22.6 Å². The standard InChI is InChI=1S/C32H31N3O/c1-3-13-28(24-15-7-5-8-16-24)33-32(36)30-29(27-21-20-23-14-11-12-19-26(23)22-27)34-31(35(30)4-2)25-17-9-6-10-18-25/h5-12,14-22,28H,3-4,13H2,1-2H3,(H,33,36). The highest BCUT2D eigenvalue weighted by atomic mass is 16.2. The molecule has 0 bridgehead atoms. The van der Waals surface area contributed by atoms with Crippen LogP contribution in [0.5, 0.6) is 0 Å². The van der Waals surface area contributed by atoms with Gasteiger partial charge >= 0.3 is 0 Å². The number of rotatable bonds is 8. The van der Waals surface area contributed by atoms with Crippen molar-refractivity contribution in [3.63, 3.8) is 0 Å². The molecule has 1 N–H and O–H groups in total. The van der Waals surface area contributed by atoms with Crippen LogP contribution in [0.1, 0.15) is 48.8 Å². The van der Waals surface area contributed by atoms with Gasteiger partial charge in [-0.2, -0.15) is 0 Å². The van der Waals surface area contributed by atoms with E-state index in [2.05, 4.69) is 61.6 Å². The predicted octanol–water partition coefficient (Wildman–Crippen LogP) is 7.66. The third-order valence-electron chi connectivity index (χ3n) is 6.64. The van der Waals surface area contributed by atoms with E-state index in [-0.39, 0.29) is 11.9 Å². The molecule has 1 aromatic heterocycles. The zero-order chi connectivity index (χ0) is 24.9. The summed E-state index contributed by atoms with van der Waals surface area (Å²) in [6.07, 6.45) is 1.84. The second kappa shape index (κ2) is 10.6. The lowest BCUT2D eigenvalue weighted by Gasteiger charge is -2.20. The van der Waals surface area contributed by atoms with Crippen LogP contribution in [0.3, 0.4) is 0 Å². The minimum absolute atomic E-state index is 0.0615.